The van der Waals surface area contributed by atoms with Crippen molar-refractivity contribution in [2.24, 2.45) is 0 Å². The van der Waals surface area contributed by atoms with Crippen molar-refractivity contribution in [1.29, 1.82) is 0 Å². The van der Waals surface area contributed by atoms with Crippen molar-refractivity contribution in [3.63, 3.8) is 0 Å². The fourth-order valence-corrected chi connectivity index (χ4v) is 3.45. The SMILES string of the molecule is COc1ccccc1/C=C/C(=O)N1CCCN(Cc2ccccc2C)CC1. The molecule has 0 N–H and O–H groups in total. The van der Waals surface area contributed by atoms with E-state index in [9.17, 15) is 4.79 Å². The standard InChI is InChI=1S/C23H28N2O2/c1-19-8-3-4-10-21(19)18-24-14-7-15-25(17-16-24)23(26)13-12-20-9-5-6-11-22(20)27-2/h3-6,8-13H,7,14-18H2,1-2H3/b13-12+. The van der Waals surface area contributed by atoms with Crippen molar-refractivity contribution in [3.8, 4) is 5.75 Å². The smallest absolute Gasteiger partial charge is 0.246 e. The Morgan fingerprint density at radius 1 is 1.04 bits per heavy atom. The summed E-state index contributed by atoms with van der Waals surface area (Å²) in [5, 5.41) is 0. The molecule has 27 heavy (non-hydrogen) atoms. The van der Waals surface area contributed by atoms with E-state index in [-0.39, 0.29) is 5.91 Å². The maximum absolute atomic E-state index is 12.6. The van der Waals surface area contributed by atoms with Gasteiger partial charge in [0.15, 0.2) is 0 Å². The average molecular weight is 364 g/mol. The minimum Gasteiger partial charge on any atom is -0.496 e. The Balaban J connectivity index is 1.58. The number of hydrogen-bond acceptors (Lipinski definition) is 3. The van der Waals surface area contributed by atoms with Gasteiger partial charge in [-0.2, -0.15) is 0 Å². The molecule has 3 rings (SSSR count). The quantitative estimate of drug-likeness (QED) is 0.758. The van der Waals surface area contributed by atoms with Crippen LogP contribution in [0, 0.1) is 6.92 Å². The Bertz CT molecular complexity index is 800. The summed E-state index contributed by atoms with van der Waals surface area (Å²) in [4.78, 5) is 17.0. The third-order valence-corrected chi connectivity index (χ3v) is 5.10. The van der Waals surface area contributed by atoms with Gasteiger partial charge in [-0.1, -0.05) is 42.5 Å². The summed E-state index contributed by atoms with van der Waals surface area (Å²) >= 11 is 0. The summed E-state index contributed by atoms with van der Waals surface area (Å²) in [7, 11) is 1.65. The highest BCUT2D eigenvalue weighted by atomic mass is 16.5. The number of carbonyl (C=O) groups is 1. The van der Waals surface area contributed by atoms with E-state index in [1.54, 1.807) is 13.2 Å². The van der Waals surface area contributed by atoms with Gasteiger partial charge < -0.3 is 9.64 Å². The van der Waals surface area contributed by atoms with Gasteiger partial charge in [0.2, 0.25) is 5.91 Å². The largest absolute Gasteiger partial charge is 0.496 e. The molecule has 0 atom stereocenters. The van der Waals surface area contributed by atoms with E-state index in [1.807, 2.05) is 35.2 Å². The van der Waals surface area contributed by atoms with Crippen molar-refractivity contribution < 1.29 is 9.53 Å². The number of hydrogen-bond donors (Lipinski definition) is 0. The zero-order chi connectivity index (χ0) is 19.1. The Morgan fingerprint density at radius 2 is 1.81 bits per heavy atom. The Labute approximate surface area is 162 Å². The normalized spacial score (nSPS) is 15.7. The molecular formula is C23H28N2O2. The maximum Gasteiger partial charge on any atom is 0.246 e. The molecule has 0 aliphatic carbocycles. The first-order chi connectivity index (χ1) is 13.2. The molecule has 4 heteroatoms. The first-order valence-electron chi connectivity index (χ1n) is 9.54. The number of benzene rings is 2. The van der Waals surface area contributed by atoms with Crippen molar-refractivity contribution in [2.45, 2.75) is 19.9 Å². The van der Waals surface area contributed by atoms with E-state index in [1.165, 1.54) is 11.1 Å². The second-order valence-electron chi connectivity index (χ2n) is 6.96. The zero-order valence-electron chi connectivity index (χ0n) is 16.2. The van der Waals surface area contributed by atoms with E-state index in [0.29, 0.717) is 0 Å². The summed E-state index contributed by atoms with van der Waals surface area (Å²) in [6, 6.07) is 16.3. The summed E-state index contributed by atoms with van der Waals surface area (Å²) in [5.74, 6) is 0.848. The van der Waals surface area contributed by atoms with Crippen LogP contribution in [0.25, 0.3) is 6.08 Å². The number of para-hydroxylation sites is 1. The monoisotopic (exact) mass is 364 g/mol. The van der Waals surface area contributed by atoms with Gasteiger partial charge >= 0.3 is 0 Å². The fourth-order valence-electron chi connectivity index (χ4n) is 3.45. The van der Waals surface area contributed by atoms with Gasteiger partial charge in [0.1, 0.15) is 5.75 Å². The van der Waals surface area contributed by atoms with Gasteiger partial charge in [0.25, 0.3) is 0 Å². The first kappa shape index (κ1) is 19.2. The lowest BCUT2D eigenvalue weighted by Crippen LogP contribution is -2.34. The molecule has 0 saturated carbocycles. The lowest BCUT2D eigenvalue weighted by Gasteiger charge is -2.22. The molecule has 1 saturated heterocycles. The van der Waals surface area contributed by atoms with Crippen molar-refractivity contribution in [3.05, 3.63) is 71.3 Å². The predicted molar refractivity (Wildman–Crippen MR) is 110 cm³/mol. The van der Waals surface area contributed by atoms with Gasteiger partial charge in [0.05, 0.1) is 7.11 Å². The third-order valence-electron chi connectivity index (χ3n) is 5.10. The molecule has 0 radical (unpaired) electrons. The molecule has 1 heterocycles. The number of ether oxygens (including phenoxy) is 1. The number of rotatable bonds is 5. The molecule has 1 amide bonds. The Kier molecular flexibility index (Phi) is 6.66. The average Bonchev–Trinajstić information content (AvgIpc) is 2.94. The topological polar surface area (TPSA) is 32.8 Å². The van der Waals surface area contributed by atoms with E-state index in [4.69, 9.17) is 4.74 Å². The van der Waals surface area contributed by atoms with Crippen LogP contribution in [-0.2, 0) is 11.3 Å². The van der Waals surface area contributed by atoms with Gasteiger partial charge in [0, 0.05) is 44.4 Å². The van der Waals surface area contributed by atoms with Crippen LogP contribution in [-0.4, -0.2) is 49.0 Å². The Hall–Kier alpha value is -2.59. The highest BCUT2D eigenvalue weighted by molar-refractivity contribution is 5.92. The van der Waals surface area contributed by atoms with Crippen LogP contribution in [0.2, 0.25) is 0 Å². The fraction of sp³-hybridized carbons (Fsp3) is 0.348. The molecule has 1 aliphatic rings. The van der Waals surface area contributed by atoms with Crippen molar-refractivity contribution in [2.75, 3.05) is 33.3 Å². The second kappa shape index (κ2) is 9.38. The molecule has 2 aromatic rings. The van der Waals surface area contributed by atoms with E-state index in [0.717, 1.165) is 50.5 Å². The lowest BCUT2D eigenvalue weighted by molar-refractivity contribution is -0.125. The molecule has 1 aliphatic heterocycles. The van der Waals surface area contributed by atoms with Crippen LogP contribution < -0.4 is 4.74 Å². The second-order valence-corrected chi connectivity index (χ2v) is 6.96. The van der Waals surface area contributed by atoms with E-state index in [2.05, 4.69) is 36.1 Å². The molecule has 142 valence electrons. The van der Waals surface area contributed by atoms with Crippen LogP contribution in [0.5, 0.6) is 5.75 Å². The number of methoxy groups -OCH3 is 1. The number of nitrogens with zero attached hydrogens (tertiary/aromatic N) is 2. The molecule has 4 nitrogen and oxygen atoms in total. The van der Waals surface area contributed by atoms with E-state index >= 15 is 0 Å². The minimum atomic E-state index is 0.0682. The van der Waals surface area contributed by atoms with Crippen molar-refractivity contribution >= 4 is 12.0 Å². The van der Waals surface area contributed by atoms with Gasteiger partial charge in [-0.25, -0.2) is 0 Å². The number of amides is 1. The first-order valence-corrected chi connectivity index (χ1v) is 9.54. The number of carbonyl (C=O) groups excluding carboxylic acids is 1. The van der Waals surface area contributed by atoms with Crippen LogP contribution >= 0.6 is 0 Å². The highest BCUT2D eigenvalue weighted by Crippen LogP contribution is 2.19. The van der Waals surface area contributed by atoms with Crippen LogP contribution in [0.15, 0.2) is 54.6 Å². The maximum atomic E-state index is 12.6. The molecule has 0 unspecified atom stereocenters. The molecule has 2 aromatic carbocycles. The number of aryl methyl sites for hydroxylation is 1. The zero-order valence-corrected chi connectivity index (χ0v) is 16.2. The van der Waals surface area contributed by atoms with Gasteiger partial charge in [-0.3, -0.25) is 9.69 Å². The summed E-state index contributed by atoms with van der Waals surface area (Å²) < 4.78 is 5.34. The van der Waals surface area contributed by atoms with Crippen LogP contribution in [0.4, 0.5) is 0 Å². The van der Waals surface area contributed by atoms with E-state index < -0.39 is 0 Å². The van der Waals surface area contributed by atoms with Crippen LogP contribution in [0.3, 0.4) is 0 Å². The summed E-state index contributed by atoms with van der Waals surface area (Å²) in [6.45, 7) is 6.61. The molecular weight excluding hydrogens is 336 g/mol. The summed E-state index contributed by atoms with van der Waals surface area (Å²) in [5.41, 5.74) is 3.62. The molecule has 0 aromatic heterocycles. The van der Waals surface area contributed by atoms with Gasteiger partial charge in [-0.05, 0) is 36.6 Å². The lowest BCUT2D eigenvalue weighted by atomic mass is 10.1. The Morgan fingerprint density at radius 3 is 2.63 bits per heavy atom. The van der Waals surface area contributed by atoms with Crippen LogP contribution in [0.1, 0.15) is 23.1 Å². The molecule has 0 bridgehead atoms. The van der Waals surface area contributed by atoms with Crippen molar-refractivity contribution in [1.82, 2.24) is 9.80 Å². The van der Waals surface area contributed by atoms with Gasteiger partial charge in [-0.15, -0.1) is 0 Å². The highest BCUT2D eigenvalue weighted by Gasteiger charge is 2.18. The minimum absolute atomic E-state index is 0.0682. The summed E-state index contributed by atoms with van der Waals surface area (Å²) in [6.07, 6.45) is 4.51. The predicted octanol–water partition coefficient (Wildman–Crippen LogP) is 3.75. The third kappa shape index (κ3) is 5.20. The molecule has 1 fully saturated rings. The molecule has 0 spiro atoms.